The van der Waals surface area contributed by atoms with E-state index in [1.54, 1.807) is 0 Å². The van der Waals surface area contributed by atoms with Crippen molar-refractivity contribution in [1.29, 1.82) is 0 Å². The zero-order valence-electron chi connectivity index (χ0n) is 10.1. The van der Waals surface area contributed by atoms with Crippen LogP contribution in [0.15, 0.2) is 0 Å². The SMILES string of the molecule is NCCCCNC(=O)CCC1CCCCN1. The molecule has 0 aromatic rings. The molecule has 0 saturated carbocycles. The van der Waals surface area contributed by atoms with Crippen LogP contribution in [0.25, 0.3) is 0 Å². The summed E-state index contributed by atoms with van der Waals surface area (Å²) in [6.45, 7) is 2.60. The standard InChI is InChI=1S/C12H25N3O/c13-8-2-4-10-15-12(16)7-6-11-5-1-3-9-14-11/h11,14H,1-10,13H2,(H,15,16). The number of rotatable bonds is 7. The van der Waals surface area contributed by atoms with Crippen LogP contribution in [0.2, 0.25) is 0 Å². The molecule has 16 heavy (non-hydrogen) atoms. The zero-order chi connectivity index (χ0) is 11.6. The number of nitrogens with one attached hydrogen (secondary N) is 2. The van der Waals surface area contributed by atoms with Crippen LogP contribution in [-0.4, -0.2) is 31.6 Å². The second kappa shape index (κ2) is 8.53. The van der Waals surface area contributed by atoms with Crippen molar-refractivity contribution in [2.75, 3.05) is 19.6 Å². The lowest BCUT2D eigenvalue weighted by Crippen LogP contribution is -2.35. The Morgan fingerprint density at radius 3 is 2.94 bits per heavy atom. The van der Waals surface area contributed by atoms with E-state index in [1.165, 1.54) is 19.3 Å². The molecule has 1 aliphatic rings. The fourth-order valence-electron chi connectivity index (χ4n) is 2.06. The van der Waals surface area contributed by atoms with Crippen molar-refractivity contribution in [1.82, 2.24) is 10.6 Å². The van der Waals surface area contributed by atoms with E-state index in [2.05, 4.69) is 10.6 Å². The Morgan fingerprint density at radius 1 is 1.38 bits per heavy atom. The summed E-state index contributed by atoms with van der Waals surface area (Å²) in [5.74, 6) is 0.185. The van der Waals surface area contributed by atoms with Gasteiger partial charge in [-0.2, -0.15) is 0 Å². The fourth-order valence-corrected chi connectivity index (χ4v) is 2.06. The van der Waals surface area contributed by atoms with E-state index in [9.17, 15) is 4.79 Å². The quantitative estimate of drug-likeness (QED) is 0.563. The van der Waals surface area contributed by atoms with Gasteiger partial charge < -0.3 is 16.4 Å². The monoisotopic (exact) mass is 227 g/mol. The van der Waals surface area contributed by atoms with Gasteiger partial charge in [-0.3, -0.25) is 4.79 Å². The highest BCUT2D eigenvalue weighted by molar-refractivity contribution is 5.75. The van der Waals surface area contributed by atoms with Gasteiger partial charge in [0.25, 0.3) is 0 Å². The number of piperidine rings is 1. The summed E-state index contributed by atoms with van der Waals surface area (Å²) < 4.78 is 0. The minimum Gasteiger partial charge on any atom is -0.356 e. The Balaban J connectivity index is 1.96. The van der Waals surface area contributed by atoms with Crippen molar-refractivity contribution in [2.24, 2.45) is 5.73 Å². The highest BCUT2D eigenvalue weighted by Gasteiger charge is 2.13. The molecule has 94 valence electrons. The molecule has 4 heteroatoms. The van der Waals surface area contributed by atoms with E-state index < -0.39 is 0 Å². The molecule has 1 aliphatic heterocycles. The van der Waals surface area contributed by atoms with Gasteiger partial charge in [-0.05, 0) is 45.2 Å². The molecule has 1 rings (SSSR count). The summed E-state index contributed by atoms with van der Waals surface area (Å²) in [5, 5.41) is 6.39. The third kappa shape index (κ3) is 6.08. The van der Waals surface area contributed by atoms with Crippen molar-refractivity contribution in [3.63, 3.8) is 0 Å². The first-order valence-corrected chi connectivity index (χ1v) is 6.53. The van der Waals surface area contributed by atoms with Gasteiger partial charge in [0.05, 0.1) is 0 Å². The zero-order valence-corrected chi connectivity index (χ0v) is 10.1. The predicted molar refractivity (Wildman–Crippen MR) is 66.2 cm³/mol. The molecule has 1 fully saturated rings. The minimum absolute atomic E-state index is 0.185. The molecule has 1 amide bonds. The number of amides is 1. The number of hydrogen-bond donors (Lipinski definition) is 3. The van der Waals surface area contributed by atoms with Gasteiger partial charge in [0.15, 0.2) is 0 Å². The van der Waals surface area contributed by atoms with Gasteiger partial charge >= 0.3 is 0 Å². The van der Waals surface area contributed by atoms with E-state index >= 15 is 0 Å². The van der Waals surface area contributed by atoms with Gasteiger partial charge in [-0.15, -0.1) is 0 Å². The highest BCUT2D eigenvalue weighted by atomic mass is 16.1. The molecule has 4 N–H and O–H groups in total. The molecule has 4 nitrogen and oxygen atoms in total. The summed E-state index contributed by atoms with van der Waals surface area (Å²) in [6, 6.07) is 0.559. The molecule has 0 aromatic heterocycles. The Bertz CT molecular complexity index is 191. The molecule has 0 aliphatic carbocycles. The van der Waals surface area contributed by atoms with E-state index in [0.717, 1.165) is 32.4 Å². The van der Waals surface area contributed by atoms with Crippen LogP contribution < -0.4 is 16.4 Å². The molecule has 1 unspecified atom stereocenters. The maximum atomic E-state index is 11.5. The normalized spacial score (nSPS) is 20.7. The number of hydrogen-bond acceptors (Lipinski definition) is 3. The van der Waals surface area contributed by atoms with E-state index in [4.69, 9.17) is 5.73 Å². The topological polar surface area (TPSA) is 67.1 Å². The smallest absolute Gasteiger partial charge is 0.220 e. The second-order valence-corrected chi connectivity index (χ2v) is 4.53. The lowest BCUT2D eigenvalue weighted by molar-refractivity contribution is -0.121. The first-order valence-electron chi connectivity index (χ1n) is 6.53. The molecule has 0 aromatic carbocycles. The second-order valence-electron chi connectivity index (χ2n) is 4.53. The number of unbranched alkanes of at least 4 members (excludes halogenated alkanes) is 1. The Hall–Kier alpha value is -0.610. The maximum absolute atomic E-state index is 11.5. The van der Waals surface area contributed by atoms with Crippen molar-refractivity contribution >= 4 is 5.91 Å². The third-order valence-corrected chi connectivity index (χ3v) is 3.09. The summed E-state index contributed by atoms with van der Waals surface area (Å²) in [4.78, 5) is 11.5. The Labute approximate surface area is 98.3 Å². The summed E-state index contributed by atoms with van der Waals surface area (Å²) in [5.41, 5.74) is 5.38. The van der Waals surface area contributed by atoms with E-state index in [1.807, 2.05) is 0 Å². The van der Waals surface area contributed by atoms with Crippen LogP contribution in [0, 0.1) is 0 Å². The lowest BCUT2D eigenvalue weighted by Gasteiger charge is -2.23. The van der Waals surface area contributed by atoms with E-state index in [0.29, 0.717) is 19.0 Å². The molecular weight excluding hydrogens is 202 g/mol. The van der Waals surface area contributed by atoms with Crippen molar-refractivity contribution < 1.29 is 4.79 Å². The molecule has 0 bridgehead atoms. The largest absolute Gasteiger partial charge is 0.356 e. The van der Waals surface area contributed by atoms with Crippen molar-refractivity contribution in [3.8, 4) is 0 Å². The number of carbonyl (C=O) groups excluding carboxylic acids is 1. The average Bonchev–Trinajstić information content (AvgIpc) is 2.33. The molecule has 1 saturated heterocycles. The minimum atomic E-state index is 0.185. The van der Waals surface area contributed by atoms with Crippen molar-refractivity contribution in [3.05, 3.63) is 0 Å². The van der Waals surface area contributed by atoms with Gasteiger partial charge in [0.1, 0.15) is 0 Å². The summed E-state index contributed by atoms with van der Waals surface area (Å²) in [7, 11) is 0. The Morgan fingerprint density at radius 2 is 2.25 bits per heavy atom. The molecule has 1 atom stereocenters. The van der Waals surface area contributed by atoms with Crippen LogP contribution in [0.4, 0.5) is 0 Å². The van der Waals surface area contributed by atoms with Gasteiger partial charge in [-0.25, -0.2) is 0 Å². The van der Waals surface area contributed by atoms with Crippen LogP contribution in [0.1, 0.15) is 44.9 Å². The first kappa shape index (κ1) is 13.5. The predicted octanol–water partition coefficient (Wildman–Crippen LogP) is 0.764. The van der Waals surface area contributed by atoms with Crippen molar-refractivity contribution in [2.45, 2.75) is 51.0 Å². The molecular formula is C12H25N3O. The van der Waals surface area contributed by atoms with Crippen LogP contribution in [0.3, 0.4) is 0 Å². The fraction of sp³-hybridized carbons (Fsp3) is 0.917. The average molecular weight is 227 g/mol. The molecule has 0 spiro atoms. The highest BCUT2D eigenvalue weighted by Crippen LogP contribution is 2.11. The van der Waals surface area contributed by atoms with E-state index in [-0.39, 0.29) is 5.91 Å². The lowest BCUT2D eigenvalue weighted by atomic mass is 10.0. The maximum Gasteiger partial charge on any atom is 0.220 e. The number of carbonyl (C=O) groups is 1. The van der Waals surface area contributed by atoms with Crippen LogP contribution in [0.5, 0.6) is 0 Å². The molecule has 1 heterocycles. The number of nitrogens with two attached hydrogens (primary N) is 1. The summed E-state index contributed by atoms with van der Waals surface area (Å²) in [6.07, 6.45) is 7.41. The summed E-state index contributed by atoms with van der Waals surface area (Å²) >= 11 is 0. The molecule has 0 radical (unpaired) electrons. The van der Waals surface area contributed by atoms with Gasteiger partial charge in [-0.1, -0.05) is 6.42 Å². The van der Waals surface area contributed by atoms with Crippen LogP contribution in [-0.2, 0) is 4.79 Å². The Kier molecular flexibility index (Phi) is 7.17. The third-order valence-electron chi connectivity index (χ3n) is 3.09. The van der Waals surface area contributed by atoms with Crippen LogP contribution >= 0.6 is 0 Å². The first-order chi connectivity index (χ1) is 7.83. The van der Waals surface area contributed by atoms with Gasteiger partial charge in [0.2, 0.25) is 5.91 Å². The van der Waals surface area contributed by atoms with Gasteiger partial charge in [0, 0.05) is 19.0 Å².